The van der Waals surface area contributed by atoms with E-state index in [1.54, 1.807) is 0 Å². The SMILES string of the molecule is C[C@@H]1NC(=O)[C@H](CCC(N)=O)NC(=O)[C@H](CCCN=C(N)N)NC(=O)CCCCC(=O)NCCCCN(CC(=O)N[C@@H](CCCN=C(N)N)C(=O)N[C@@H](CCCN=C(N)N)C(=O)N[C@@H](CCCN=C(N)N)C(=O)N[C@@H](CS)C(N)=O)C(=O)[C@H](CCCN=C(N)N)NC(=O)[C@H](CCCN=C(N)N)NC1=O. The normalized spacial score (nSPS) is 18.8. The number of nitrogens with zero attached hydrogens (tertiary/aromatic N) is 7. The number of carbonyl (C=O) groups excluding carboxylic acids is 13. The first kappa shape index (κ1) is 91.1. The molecule has 0 radical (unpaired) electrons. The molecule has 0 bridgehead atoms. The van der Waals surface area contributed by atoms with E-state index in [1.807, 2.05) is 0 Å². The average molecular weight is 1490 g/mol. The second kappa shape index (κ2) is 51.3. The highest BCUT2D eigenvalue weighted by Crippen LogP contribution is 2.13. The average Bonchev–Trinajstić information content (AvgIpc) is 0.868. The Morgan fingerprint density at radius 1 is 0.442 bits per heavy atom. The molecule has 586 valence electrons. The van der Waals surface area contributed by atoms with Crippen molar-refractivity contribution >= 4 is 125 Å². The van der Waals surface area contributed by atoms with Crippen LogP contribution in [-0.2, 0) is 62.3 Å². The molecule has 104 heavy (non-hydrogen) atoms. The van der Waals surface area contributed by atoms with E-state index >= 15 is 4.79 Å². The molecule has 1 rings (SSSR count). The van der Waals surface area contributed by atoms with Crippen LogP contribution in [0, 0.1) is 0 Å². The van der Waals surface area contributed by atoms with E-state index in [1.165, 1.54) is 6.92 Å². The molecule has 13 amide bonds. The summed E-state index contributed by atoms with van der Waals surface area (Å²) < 4.78 is 0. The third kappa shape index (κ3) is 41.7. The molecule has 45 heteroatoms. The van der Waals surface area contributed by atoms with Crippen molar-refractivity contribution < 1.29 is 62.3 Å². The van der Waals surface area contributed by atoms with Crippen molar-refractivity contribution in [2.24, 2.45) is 110 Å². The maximum absolute atomic E-state index is 15.2. The van der Waals surface area contributed by atoms with E-state index in [9.17, 15) is 57.5 Å². The number of amides is 13. The third-order valence-corrected chi connectivity index (χ3v) is 15.6. The second-order valence-corrected chi connectivity index (χ2v) is 24.5. The summed E-state index contributed by atoms with van der Waals surface area (Å²) in [5.74, 6) is -13.0. The van der Waals surface area contributed by atoms with E-state index in [0.717, 1.165) is 4.90 Å². The minimum atomic E-state index is -1.54. The Kier molecular flexibility index (Phi) is 44.9. The van der Waals surface area contributed by atoms with Crippen molar-refractivity contribution in [1.82, 2.24) is 58.1 Å². The molecule has 1 aliphatic heterocycles. The van der Waals surface area contributed by atoms with Gasteiger partial charge in [0.25, 0.3) is 0 Å². The van der Waals surface area contributed by atoms with Gasteiger partial charge in [0.1, 0.15) is 54.4 Å². The summed E-state index contributed by atoms with van der Waals surface area (Å²) in [5, 5.41) is 26.0. The minimum Gasteiger partial charge on any atom is -0.370 e. The van der Waals surface area contributed by atoms with Crippen LogP contribution in [0.5, 0.6) is 0 Å². The molecule has 44 nitrogen and oxygen atoms in total. The smallest absolute Gasteiger partial charge is 0.245 e. The molecular weight excluding hydrogens is 1380 g/mol. The number of nitrogens with one attached hydrogen (secondary N) is 10. The number of hydrogen-bond acceptors (Lipinski definition) is 20. The first-order valence-electron chi connectivity index (χ1n) is 33.9. The Balaban J connectivity index is 4.11. The molecule has 0 saturated carbocycles. The van der Waals surface area contributed by atoms with Gasteiger partial charge in [0.2, 0.25) is 76.8 Å². The molecule has 1 heterocycles. The number of nitrogens with two attached hydrogens (primary N) is 14. The van der Waals surface area contributed by atoms with Crippen LogP contribution in [0.15, 0.2) is 30.0 Å². The number of rotatable bonds is 38. The van der Waals surface area contributed by atoms with Crippen LogP contribution in [0.25, 0.3) is 0 Å². The molecule has 0 unspecified atom stereocenters. The van der Waals surface area contributed by atoms with Crippen LogP contribution >= 0.6 is 12.6 Å². The van der Waals surface area contributed by atoms with E-state index in [4.69, 9.17) is 80.3 Å². The van der Waals surface area contributed by atoms with E-state index in [-0.39, 0.29) is 216 Å². The Labute approximate surface area is 608 Å². The Morgan fingerprint density at radius 2 is 0.808 bits per heavy atom. The van der Waals surface area contributed by atoms with Gasteiger partial charge in [-0.3, -0.25) is 92.3 Å². The topological polar surface area (TPSA) is 784 Å². The molecule has 0 spiro atoms. The number of hydrogen-bond donors (Lipinski definition) is 25. The van der Waals surface area contributed by atoms with Crippen molar-refractivity contribution in [3.8, 4) is 0 Å². The molecule has 0 aliphatic carbocycles. The maximum Gasteiger partial charge on any atom is 0.245 e. The number of thiol groups is 1. The van der Waals surface area contributed by atoms with Crippen LogP contribution in [0.2, 0.25) is 0 Å². The minimum absolute atomic E-state index is 0.0163. The fraction of sp³-hybridized carbons (Fsp3) is 0.678. The monoisotopic (exact) mass is 1490 g/mol. The molecular formula is C59H111N31O13S. The Hall–Kier alpha value is -10.9. The van der Waals surface area contributed by atoms with Gasteiger partial charge in [-0.25, -0.2) is 0 Å². The first-order chi connectivity index (χ1) is 49.1. The standard InChI is InChI=1S/C59H111N31O13S/c1-32-46(96)84-35(14-8-25-77-56(66)67)51(101)88-39(17-11-28-80-59(72)73)53(103)90(29-5-4-22-74-42(92)18-2-3-19-43(93)82-33(12-6-23-75-54(62)63)48(98)87-38(47(97)81-32)20-21-41(60)91)30-44(94)83-34(13-7-24-76-55(64)65)49(99)85-36(15-9-26-78-57(68)69)50(100)86-37(16-10-27-79-58(70)71)52(102)89-40(31-104)45(61)95/h32-40,104H,2-31H2,1H3,(H2,60,91)(H2,61,95)(H,74,92)(H,81,97)(H,82,93)(H,83,94)(H,84,96)(H,85,99)(H,86,100)(H,87,98)(H,88,101)(H,89,102)(H4,62,63,75)(H4,64,65,76)(H4,66,67,77)(H4,68,69,78)(H4,70,71,79)(H4,72,73,80)/t32-,33-,34-,35-,36-,37-,38-,39-,40-/m0/s1. The van der Waals surface area contributed by atoms with Gasteiger partial charge in [0.15, 0.2) is 35.8 Å². The van der Waals surface area contributed by atoms with E-state index < -0.39 is 144 Å². The number of primary amides is 2. The zero-order valence-corrected chi connectivity index (χ0v) is 59.8. The fourth-order valence-electron chi connectivity index (χ4n) is 9.91. The molecule has 1 fully saturated rings. The lowest BCUT2D eigenvalue weighted by molar-refractivity contribution is -0.141. The summed E-state index contributed by atoms with van der Waals surface area (Å²) in [6.07, 6.45) is -0.779. The number of carbonyl (C=O) groups is 13. The van der Waals surface area contributed by atoms with Crippen LogP contribution in [0.1, 0.15) is 135 Å². The lowest BCUT2D eigenvalue weighted by Crippen LogP contribution is -2.59. The molecule has 0 aromatic carbocycles. The lowest BCUT2D eigenvalue weighted by atomic mass is 10.0. The summed E-state index contributed by atoms with van der Waals surface area (Å²) in [6, 6.07) is -13.0. The van der Waals surface area contributed by atoms with Crippen LogP contribution in [0.3, 0.4) is 0 Å². The third-order valence-electron chi connectivity index (χ3n) is 15.3. The molecule has 0 aromatic rings. The highest BCUT2D eigenvalue weighted by Gasteiger charge is 2.36. The number of guanidine groups is 6. The molecule has 0 aromatic heterocycles. The van der Waals surface area contributed by atoms with Gasteiger partial charge >= 0.3 is 0 Å². The lowest BCUT2D eigenvalue weighted by Gasteiger charge is -2.30. The zero-order chi connectivity index (χ0) is 78.3. The maximum atomic E-state index is 15.2. The van der Waals surface area contributed by atoms with Crippen molar-refractivity contribution in [2.45, 2.75) is 190 Å². The van der Waals surface area contributed by atoms with Gasteiger partial charge in [0.05, 0.1) is 6.54 Å². The van der Waals surface area contributed by atoms with Gasteiger partial charge in [-0.05, 0) is 116 Å². The number of aliphatic imine (C=N–C) groups is 6. The van der Waals surface area contributed by atoms with Crippen molar-refractivity contribution in [2.75, 3.05) is 64.7 Å². The van der Waals surface area contributed by atoms with Gasteiger partial charge in [-0.1, -0.05) is 0 Å². The van der Waals surface area contributed by atoms with Crippen LogP contribution < -0.4 is 133 Å². The summed E-state index contributed by atoms with van der Waals surface area (Å²) in [4.78, 5) is 205. The van der Waals surface area contributed by atoms with Crippen LogP contribution in [0.4, 0.5) is 0 Å². The second-order valence-electron chi connectivity index (χ2n) is 24.1. The molecule has 1 aliphatic rings. The summed E-state index contributed by atoms with van der Waals surface area (Å²) in [5.41, 5.74) is 77.6. The predicted octanol–water partition coefficient (Wildman–Crippen LogP) is -11.3. The fourth-order valence-corrected chi connectivity index (χ4v) is 10.2. The Morgan fingerprint density at radius 3 is 1.23 bits per heavy atom. The van der Waals surface area contributed by atoms with E-state index in [0.29, 0.717) is 0 Å². The summed E-state index contributed by atoms with van der Waals surface area (Å²) >= 11 is 4.09. The molecule has 1 saturated heterocycles. The van der Waals surface area contributed by atoms with E-state index in [2.05, 4.69) is 95.8 Å². The highest BCUT2D eigenvalue weighted by molar-refractivity contribution is 7.80. The zero-order valence-electron chi connectivity index (χ0n) is 58.9. The Bertz CT molecular complexity index is 3020. The predicted molar refractivity (Wildman–Crippen MR) is 391 cm³/mol. The van der Waals surface area contributed by atoms with Crippen molar-refractivity contribution in [3.05, 3.63) is 0 Å². The van der Waals surface area contributed by atoms with Gasteiger partial charge in [-0.2, -0.15) is 12.6 Å². The largest absolute Gasteiger partial charge is 0.370 e. The highest BCUT2D eigenvalue weighted by atomic mass is 32.1. The van der Waals surface area contributed by atoms with Gasteiger partial charge in [0, 0.05) is 77.4 Å². The van der Waals surface area contributed by atoms with Gasteiger partial charge < -0.3 is 138 Å². The quantitative estimate of drug-likeness (QED) is 0.0118. The molecule has 38 N–H and O–H groups in total. The van der Waals surface area contributed by atoms with Crippen molar-refractivity contribution in [3.63, 3.8) is 0 Å². The first-order valence-corrected chi connectivity index (χ1v) is 34.5. The summed E-state index contributed by atoms with van der Waals surface area (Å²) in [7, 11) is 0. The van der Waals surface area contributed by atoms with Crippen molar-refractivity contribution in [1.29, 1.82) is 0 Å². The molecule has 9 atom stereocenters. The van der Waals surface area contributed by atoms with Gasteiger partial charge in [-0.15, -0.1) is 0 Å². The summed E-state index contributed by atoms with van der Waals surface area (Å²) in [6.45, 7) is 0.0778. The van der Waals surface area contributed by atoms with Crippen LogP contribution in [-0.4, -0.2) is 236 Å².